The average molecular weight is 2020 g/mol. The van der Waals surface area contributed by atoms with Crippen molar-refractivity contribution in [2.45, 2.75) is 103 Å². The van der Waals surface area contributed by atoms with E-state index in [1.54, 1.807) is 0 Å². The van der Waals surface area contributed by atoms with E-state index in [1.807, 2.05) is 0 Å². The molecular weight excluding hydrogens is 1700 g/mol. The summed E-state index contributed by atoms with van der Waals surface area (Å²) in [7, 11) is 0. The molecule has 0 fully saturated rings. The molecule has 0 aliphatic carbocycles. The van der Waals surface area contributed by atoms with Crippen LogP contribution in [0.2, 0.25) is 0 Å². The number of aliphatic hydroxyl groups is 16. The van der Waals surface area contributed by atoms with E-state index in [0.29, 0.717) is 0 Å². The summed E-state index contributed by atoms with van der Waals surface area (Å²) in [4.78, 5) is 0. The molecule has 0 aromatic rings. The summed E-state index contributed by atoms with van der Waals surface area (Å²) < 4.78 is 0. The van der Waals surface area contributed by atoms with Gasteiger partial charge in [-0.15, -0.1) is 0 Å². The predicted molar refractivity (Wildman–Crippen MR) is 569 cm³/mol. The van der Waals surface area contributed by atoms with Crippen LogP contribution in [-0.4, -0.2) is 187 Å². The lowest BCUT2D eigenvalue weighted by Crippen LogP contribution is -1.85. The Bertz CT molecular complexity index is 355. The number of unbranched alkanes of at least 4 members (excludes halogenated alkanes) is 8. The Morgan fingerprint density at radius 1 is 0.0484 bits per heavy atom. The van der Waals surface area contributed by atoms with Gasteiger partial charge in [-0.05, 0) is 103 Å². The Kier molecular flexibility index (Phi) is 21800. The largest absolute Gasteiger partial charge is 0.396 e. The molecule has 0 spiro atoms. The third-order valence-electron chi connectivity index (χ3n) is 4.53. The average Bonchev–Trinajstić information content (AvgIpc) is 3.12. The number of rotatable bonds is 24. The lowest BCUT2D eigenvalue weighted by molar-refractivity contribution is 0.242. The molecule has 0 aliphatic heterocycles. The van der Waals surface area contributed by atoms with Crippen LogP contribution >= 0.6 is 0 Å². The molecule has 0 amide bonds. The summed E-state index contributed by atoms with van der Waals surface area (Å²) in [6, 6.07) is 0. The van der Waals surface area contributed by atoms with Gasteiger partial charge in [0.2, 0.25) is 0 Å². The van der Waals surface area contributed by atoms with Crippen molar-refractivity contribution in [2.75, 3.05) is 106 Å². The lowest BCUT2D eigenvalue weighted by atomic mass is 10.3. The van der Waals surface area contributed by atoms with Gasteiger partial charge in [0, 0.05) is 106 Å². The molecule has 92 heteroatoms. The fraction of sp³-hybridized carbons (Fsp3) is 1.00. The van der Waals surface area contributed by atoms with E-state index in [2.05, 4.69) is 0 Å². The van der Waals surface area contributed by atoms with E-state index in [9.17, 15) is 0 Å². The molecule has 0 bridgehead atoms. The van der Waals surface area contributed by atoms with Crippen LogP contribution in [0, 0.1) is 0 Å². The zero-order valence-electron chi connectivity index (χ0n) is 83.5. The summed E-state index contributed by atoms with van der Waals surface area (Å²) in [5, 5.41) is 129. The fourth-order valence-corrected chi connectivity index (χ4v) is 1.79. The minimum Gasteiger partial charge on any atom is -0.396 e. The highest BCUT2D eigenvalue weighted by molar-refractivity contribution is 4.34. The quantitative estimate of drug-likeness (QED) is 0.0399. The molecule has 0 aliphatic rings. The predicted octanol–water partition coefficient (Wildman–Crippen LogP) is 10.3. The normalized spacial score (nSPS) is 3.48. The minimum atomic E-state index is 0. The Balaban J connectivity index is -0.00000000165. The van der Waals surface area contributed by atoms with Gasteiger partial charge in [-0.25, -0.2) is 0 Å². The second kappa shape index (κ2) is 2080. The Hall–Kier alpha value is -3.68. The van der Waals surface area contributed by atoms with Crippen molar-refractivity contribution in [3.05, 3.63) is 0 Å². The number of aliphatic hydroxyl groups excluding tert-OH is 16. The molecule has 0 saturated heterocycles. The maximum atomic E-state index is 8.09. The van der Waals surface area contributed by atoms with Gasteiger partial charge in [0.25, 0.3) is 0 Å². The van der Waals surface area contributed by atoms with Crippen LogP contribution < -0.4 is 467 Å². The molecule has 0 heterocycles. The molecule has 0 rings (SSSR count). The van der Waals surface area contributed by atoms with Crippen LogP contribution in [0.4, 0.5) is 0 Å². The van der Waals surface area contributed by atoms with Crippen LogP contribution in [0.3, 0.4) is 0 Å². The fourth-order valence-electron chi connectivity index (χ4n) is 1.79. The van der Waals surface area contributed by atoms with E-state index in [1.165, 1.54) is 0 Å². The molecule has 124 heavy (non-hydrogen) atoms. The highest BCUT2D eigenvalue weighted by Gasteiger charge is 1.81. The van der Waals surface area contributed by atoms with Crippen molar-refractivity contribution in [1.29, 1.82) is 0 Å². The molecular formula is C32H308N76O16. The van der Waals surface area contributed by atoms with Gasteiger partial charge in [0.1, 0.15) is 0 Å². The summed E-state index contributed by atoms with van der Waals surface area (Å²) >= 11 is 0. The molecule has 244 N–H and O–H groups in total. The minimum absolute atomic E-state index is 0. The molecule has 0 saturated carbocycles. The van der Waals surface area contributed by atoms with Gasteiger partial charge in [-0.1, -0.05) is 0 Å². The van der Waals surface area contributed by atoms with Gasteiger partial charge < -0.3 is 549 Å². The van der Waals surface area contributed by atoms with Gasteiger partial charge in [-0.3, -0.25) is 0 Å². The number of hydrogen-bond donors (Lipinski definition) is 92. The third kappa shape index (κ3) is 3940. The summed E-state index contributed by atoms with van der Waals surface area (Å²) in [5.74, 6) is 0. The van der Waals surface area contributed by atoms with Crippen LogP contribution in [0.15, 0.2) is 0 Å². The van der Waals surface area contributed by atoms with Gasteiger partial charge in [-0.2, -0.15) is 0 Å². The van der Waals surface area contributed by atoms with Crippen LogP contribution in [0.5, 0.6) is 0 Å². The molecule has 0 aromatic heterocycles. The Morgan fingerprint density at radius 2 is 0.0645 bits per heavy atom. The van der Waals surface area contributed by atoms with E-state index in [-0.39, 0.29) is 573 Å². The molecule has 0 radical (unpaired) electrons. The summed E-state index contributed by atoms with van der Waals surface area (Å²) in [6.45, 7) is 3.12. The van der Waals surface area contributed by atoms with Crippen molar-refractivity contribution < 1.29 is 81.7 Å². The Morgan fingerprint density at radius 3 is 0.0726 bits per heavy atom. The highest BCUT2D eigenvalue weighted by Crippen LogP contribution is 1.84. The van der Waals surface area contributed by atoms with Crippen molar-refractivity contribution in [1.82, 2.24) is 467 Å². The van der Waals surface area contributed by atoms with Crippen molar-refractivity contribution in [3.8, 4) is 0 Å². The van der Waals surface area contributed by atoms with E-state index < -0.39 is 0 Å². The first kappa shape index (κ1) is 1300. The highest BCUT2D eigenvalue weighted by atomic mass is 16.3. The van der Waals surface area contributed by atoms with E-state index in [0.717, 1.165) is 103 Å². The zero-order valence-corrected chi connectivity index (χ0v) is 83.5. The van der Waals surface area contributed by atoms with Gasteiger partial charge in [0.15, 0.2) is 0 Å². The van der Waals surface area contributed by atoms with Crippen LogP contribution in [0.25, 0.3) is 0 Å². The van der Waals surface area contributed by atoms with Gasteiger partial charge >= 0.3 is 0 Å². The molecule has 92 nitrogen and oxygen atoms in total. The third-order valence-corrected chi connectivity index (χ3v) is 4.53. The number of hydrogen-bond acceptors (Lipinski definition) is 92. The van der Waals surface area contributed by atoms with Gasteiger partial charge in [0.05, 0.1) is 0 Å². The summed E-state index contributed by atoms with van der Waals surface area (Å²) in [5.41, 5.74) is 0. The Labute approximate surface area is 756 Å². The topological polar surface area (TPSA) is 2980 Å². The molecule has 912 valence electrons. The maximum Gasteiger partial charge on any atom is 0.0431 e. The smallest absolute Gasteiger partial charge is 0.0431 e. The summed E-state index contributed by atoms with van der Waals surface area (Å²) in [6.07, 6.45) is 11.5. The first-order chi connectivity index (χ1) is 23.3. The van der Waals surface area contributed by atoms with Crippen LogP contribution in [0.1, 0.15) is 103 Å². The van der Waals surface area contributed by atoms with Crippen molar-refractivity contribution in [3.63, 3.8) is 0 Å². The van der Waals surface area contributed by atoms with Crippen LogP contribution in [-0.2, 0) is 0 Å². The van der Waals surface area contributed by atoms with E-state index >= 15 is 0 Å². The standard InChI is InChI=1S/8C4H10O2.76H3N/c8*5-3-1-2-4-6;;;;;;;;;;;;;;;;;;;;;;;;;;;;;;;;;;;;;;;;;;;;;;;;;;;;;;;;;;;;;;;;;;;;;;;;;;;;/h8*5-6H,1-4H2;76*1H3. The second-order valence-electron chi connectivity index (χ2n) is 9.23. The maximum absolute atomic E-state index is 8.09. The van der Waals surface area contributed by atoms with Crippen molar-refractivity contribution >= 4 is 0 Å². The monoisotopic (exact) mass is 2010 g/mol. The lowest BCUT2D eigenvalue weighted by Gasteiger charge is -1.85. The molecule has 0 unspecified atom stereocenters. The molecule has 0 atom stereocenters. The first-order valence-corrected chi connectivity index (χ1v) is 17.1. The zero-order chi connectivity index (χ0) is 38.6. The first-order valence-electron chi connectivity index (χ1n) is 17.1. The second-order valence-corrected chi connectivity index (χ2v) is 9.23. The van der Waals surface area contributed by atoms with E-state index in [4.69, 9.17) is 81.7 Å². The van der Waals surface area contributed by atoms with Crippen molar-refractivity contribution in [2.24, 2.45) is 0 Å². The SMILES string of the molecule is N.N.N.N.N.N.N.N.N.N.N.N.N.N.N.N.N.N.N.N.N.N.N.N.N.N.N.N.N.N.N.N.N.N.N.N.N.N.N.N.N.N.N.N.N.N.N.N.N.N.N.N.N.N.N.N.N.N.N.N.N.N.N.N.N.N.N.N.N.N.N.N.N.N.N.N.OCCCCO.OCCCCO.OCCCCO.OCCCCO.OCCCCO.OCCCCO.OCCCCO.OCCCCO. The molecule has 0 aromatic carbocycles.